The SMILES string of the molecule is CC[C@@H]1CN(Cc2cc([C@@H](CC(=O)O)c3ccc4c(nnn4C)c3C)ccc2C)Cc2ccccc2O1.O=CO. The van der Waals surface area contributed by atoms with Gasteiger partial charge in [0.1, 0.15) is 17.4 Å². The molecule has 2 heterocycles. The van der Waals surface area contributed by atoms with Gasteiger partial charge in [-0.15, -0.1) is 5.10 Å². The van der Waals surface area contributed by atoms with Crippen LogP contribution >= 0.6 is 0 Å². The number of fused-ring (bicyclic) bond motifs is 2. The van der Waals surface area contributed by atoms with Gasteiger partial charge in [-0.25, -0.2) is 4.68 Å². The highest BCUT2D eigenvalue weighted by Gasteiger charge is 2.25. The first kappa shape index (κ1) is 28.8. The first-order valence-electron chi connectivity index (χ1n) is 13.4. The van der Waals surface area contributed by atoms with E-state index in [1.165, 1.54) is 16.7 Å². The molecule has 9 heteroatoms. The molecular weight excluding hydrogens is 508 g/mol. The molecule has 3 aromatic carbocycles. The third kappa shape index (κ3) is 6.31. The number of aryl methyl sites for hydroxylation is 3. The number of para-hydroxylation sites is 1. The van der Waals surface area contributed by atoms with E-state index in [-0.39, 0.29) is 24.9 Å². The number of hydrogen-bond acceptors (Lipinski definition) is 6. The van der Waals surface area contributed by atoms with Gasteiger partial charge in [-0.3, -0.25) is 14.5 Å². The summed E-state index contributed by atoms with van der Waals surface area (Å²) >= 11 is 0. The first-order chi connectivity index (χ1) is 19.2. The molecule has 1 aromatic heterocycles. The van der Waals surface area contributed by atoms with Crippen molar-refractivity contribution in [2.45, 2.75) is 58.7 Å². The second-order valence-corrected chi connectivity index (χ2v) is 10.2. The first-order valence-corrected chi connectivity index (χ1v) is 13.4. The summed E-state index contributed by atoms with van der Waals surface area (Å²) in [4.78, 5) is 22.8. The number of benzene rings is 3. The summed E-state index contributed by atoms with van der Waals surface area (Å²) in [5.74, 6) is -0.128. The fraction of sp³-hybridized carbons (Fsp3) is 0.355. The Morgan fingerprint density at radius 3 is 2.65 bits per heavy atom. The van der Waals surface area contributed by atoms with Crippen molar-refractivity contribution in [1.82, 2.24) is 19.9 Å². The Hall–Kier alpha value is -4.24. The highest BCUT2D eigenvalue weighted by Crippen LogP contribution is 2.35. The zero-order chi connectivity index (χ0) is 28.8. The van der Waals surface area contributed by atoms with Crippen LogP contribution < -0.4 is 4.74 Å². The van der Waals surface area contributed by atoms with E-state index >= 15 is 0 Å². The molecule has 0 bridgehead atoms. The number of carboxylic acids is 1. The molecule has 4 aromatic rings. The normalized spacial score (nSPS) is 15.8. The Morgan fingerprint density at radius 2 is 1.93 bits per heavy atom. The van der Waals surface area contributed by atoms with E-state index in [0.717, 1.165) is 59.5 Å². The van der Waals surface area contributed by atoms with Crippen LogP contribution in [0.15, 0.2) is 54.6 Å². The predicted molar refractivity (Wildman–Crippen MR) is 152 cm³/mol. The Labute approximate surface area is 234 Å². The van der Waals surface area contributed by atoms with Gasteiger partial charge in [0.2, 0.25) is 0 Å². The van der Waals surface area contributed by atoms with Crippen molar-refractivity contribution < 1.29 is 24.5 Å². The van der Waals surface area contributed by atoms with Crippen LogP contribution in [0.2, 0.25) is 0 Å². The van der Waals surface area contributed by atoms with Crippen LogP contribution in [0.25, 0.3) is 11.0 Å². The molecule has 0 fully saturated rings. The highest BCUT2D eigenvalue weighted by molar-refractivity contribution is 5.80. The van der Waals surface area contributed by atoms with Crippen LogP contribution in [0.3, 0.4) is 0 Å². The van der Waals surface area contributed by atoms with Gasteiger partial charge in [-0.05, 0) is 60.2 Å². The number of nitrogens with zero attached hydrogens (tertiary/aromatic N) is 4. The summed E-state index contributed by atoms with van der Waals surface area (Å²) in [6, 6.07) is 18.7. The van der Waals surface area contributed by atoms with Gasteiger partial charge in [-0.2, -0.15) is 0 Å². The smallest absolute Gasteiger partial charge is 0.304 e. The van der Waals surface area contributed by atoms with Crippen LogP contribution in [0.5, 0.6) is 5.75 Å². The molecular formula is C31H36N4O5. The van der Waals surface area contributed by atoms with E-state index in [1.807, 2.05) is 32.2 Å². The van der Waals surface area contributed by atoms with Gasteiger partial charge in [-0.1, -0.05) is 54.6 Å². The van der Waals surface area contributed by atoms with E-state index in [9.17, 15) is 9.90 Å². The lowest BCUT2D eigenvalue weighted by Crippen LogP contribution is -2.32. The Balaban J connectivity index is 0.00000118. The quantitative estimate of drug-likeness (QED) is 0.310. The molecule has 0 aliphatic carbocycles. The van der Waals surface area contributed by atoms with Crippen molar-refractivity contribution in [2.24, 2.45) is 7.05 Å². The van der Waals surface area contributed by atoms with Crippen molar-refractivity contribution in [3.05, 3.63) is 88.0 Å². The van der Waals surface area contributed by atoms with E-state index in [1.54, 1.807) is 4.68 Å². The molecule has 0 saturated carbocycles. The molecule has 0 unspecified atom stereocenters. The molecule has 1 aliphatic rings. The predicted octanol–water partition coefficient (Wildman–Crippen LogP) is 5.07. The second-order valence-electron chi connectivity index (χ2n) is 10.2. The van der Waals surface area contributed by atoms with E-state index in [4.69, 9.17) is 14.6 Å². The number of ether oxygens (including phenoxy) is 1. The summed E-state index contributed by atoms with van der Waals surface area (Å²) in [6.07, 6.45) is 1.08. The lowest BCUT2D eigenvalue weighted by Gasteiger charge is -2.25. The average molecular weight is 545 g/mol. The van der Waals surface area contributed by atoms with Crippen molar-refractivity contribution in [3.63, 3.8) is 0 Å². The van der Waals surface area contributed by atoms with Crippen molar-refractivity contribution in [2.75, 3.05) is 6.54 Å². The standard InChI is InChI=1S/C30H34N4O3.CH2O2/c1-5-24-18-34(16-22-8-6-7-9-28(22)37-24)17-23-14-21(11-10-19(23)2)26(15-29(35)36)25-12-13-27-30(20(25)3)31-32-33(27)4;2-1-3/h6-14,24,26H,5,15-18H2,1-4H3,(H,35,36);1H,(H,2,3)/t24-,26-;/m1./s1. The minimum Gasteiger partial charge on any atom is -0.489 e. The van der Waals surface area contributed by atoms with Gasteiger partial charge in [0.25, 0.3) is 6.47 Å². The van der Waals surface area contributed by atoms with Gasteiger partial charge in [0, 0.05) is 38.2 Å². The van der Waals surface area contributed by atoms with Crippen LogP contribution in [0.1, 0.15) is 59.1 Å². The number of hydrogen-bond donors (Lipinski definition) is 2. The summed E-state index contributed by atoms with van der Waals surface area (Å²) in [6.45, 7) is 8.48. The lowest BCUT2D eigenvalue weighted by molar-refractivity contribution is -0.137. The summed E-state index contributed by atoms with van der Waals surface area (Å²) < 4.78 is 8.04. The van der Waals surface area contributed by atoms with Crippen LogP contribution in [0, 0.1) is 13.8 Å². The summed E-state index contributed by atoms with van der Waals surface area (Å²) in [5.41, 5.74) is 8.33. The zero-order valence-electron chi connectivity index (χ0n) is 23.4. The van der Waals surface area contributed by atoms with Crippen molar-refractivity contribution in [1.29, 1.82) is 0 Å². The van der Waals surface area contributed by atoms with Crippen LogP contribution in [-0.4, -0.2) is 55.2 Å². The van der Waals surface area contributed by atoms with Gasteiger partial charge in [0.05, 0.1) is 11.9 Å². The molecule has 2 atom stereocenters. The Bertz CT molecular complexity index is 1500. The fourth-order valence-corrected chi connectivity index (χ4v) is 5.42. The largest absolute Gasteiger partial charge is 0.489 e. The zero-order valence-corrected chi connectivity index (χ0v) is 23.4. The van der Waals surface area contributed by atoms with Crippen molar-refractivity contribution >= 4 is 23.5 Å². The molecule has 0 saturated heterocycles. The van der Waals surface area contributed by atoms with Gasteiger partial charge >= 0.3 is 5.97 Å². The molecule has 40 heavy (non-hydrogen) atoms. The maximum atomic E-state index is 12.0. The Kier molecular flexibility index (Phi) is 9.16. The number of aromatic nitrogens is 3. The lowest BCUT2D eigenvalue weighted by atomic mass is 9.84. The molecule has 2 N–H and O–H groups in total. The number of carbonyl (C=O) groups is 2. The summed E-state index contributed by atoms with van der Waals surface area (Å²) in [7, 11) is 1.87. The fourth-order valence-electron chi connectivity index (χ4n) is 5.42. The van der Waals surface area contributed by atoms with Crippen LogP contribution in [-0.2, 0) is 29.7 Å². The molecule has 0 spiro atoms. The molecule has 210 valence electrons. The highest BCUT2D eigenvalue weighted by atomic mass is 16.5. The molecule has 0 radical (unpaired) electrons. The molecule has 5 rings (SSSR count). The molecule has 1 aliphatic heterocycles. The average Bonchev–Trinajstić information content (AvgIpc) is 3.21. The third-order valence-electron chi connectivity index (χ3n) is 7.58. The topological polar surface area (TPSA) is 118 Å². The van der Waals surface area contributed by atoms with E-state index < -0.39 is 5.97 Å². The van der Waals surface area contributed by atoms with Gasteiger partial charge < -0.3 is 14.9 Å². The monoisotopic (exact) mass is 544 g/mol. The van der Waals surface area contributed by atoms with Crippen molar-refractivity contribution in [3.8, 4) is 5.75 Å². The minimum atomic E-state index is -0.821. The van der Waals surface area contributed by atoms with E-state index in [0.29, 0.717) is 0 Å². The molecule has 0 amide bonds. The maximum absolute atomic E-state index is 12.0. The summed E-state index contributed by atoms with van der Waals surface area (Å²) in [5, 5.41) is 25.2. The van der Waals surface area contributed by atoms with Gasteiger partial charge in [0.15, 0.2) is 0 Å². The Morgan fingerprint density at radius 1 is 1.18 bits per heavy atom. The van der Waals surface area contributed by atoms with Crippen LogP contribution in [0.4, 0.5) is 0 Å². The minimum absolute atomic E-state index is 0.0119. The third-order valence-corrected chi connectivity index (χ3v) is 7.58. The molecule has 9 nitrogen and oxygen atoms in total. The number of rotatable bonds is 7. The number of aliphatic carboxylic acids is 1. The van der Waals surface area contributed by atoms with E-state index in [2.05, 4.69) is 65.5 Å². The maximum Gasteiger partial charge on any atom is 0.304 e. The number of carboxylic acid groups (broad SMARTS) is 2. The second kappa shape index (κ2) is 12.7.